The number of pyridine rings is 1. The van der Waals surface area contributed by atoms with Crippen molar-refractivity contribution in [2.24, 2.45) is 0 Å². The molecule has 5 aromatic rings. The minimum absolute atomic E-state index is 0.192. The van der Waals surface area contributed by atoms with Crippen LogP contribution < -0.4 is 10.6 Å². The highest BCUT2D eigenvalue weighted by molar-refractivity contribution is 6.00. The van der Waals surface area contributed by atoms with Crippen molar-refractivity contribution in [3.63, 3.8) is 0 Å². The van der Waals surface area contributed by atoms with E-state index in [4.69, 9.17) is 0 Å². The number of nitrogens with one attached hydrogen (secondary N) is 3. The number of H-pyrrole nitrogens is 1. The number of aromatic nitrogens is 5. The Morgan fingerprint density at radius 3 is 2.67 bits per heavy atom. The Balaban J connectivity index is 1.49. The Hall–Kier alpha value is -5.08. The maximum absolute atomic E-state index is 14.3. The van der Waals surface area contributed by atoms with Gasteiger partial charge in [-0.2, -0.15) is 10.4 Å². The van der Waals surface area contributed by atoms with Gasteiger partial charge in [0, 0.05) is 29.8 Å². The lowest BCUT2D eigenvalue weighted by molar-refractivity contribution is -0.00177. The molecule has 5 rings (SSSR count). The summed E-state index contributed by atoms with van der Waals surface area (Å²) >= 11 is 0. The van der Waals surface area contributed by atoms with Crippen LogP contribution in [0.3, 0.4) is 0 Å². The number of rotatable bonds is 8. The zero-order valence-corrected chi connectivity index (χ0v) is 21.2. The molecule has 196 valence electrons. The van der Waals surface area contributed by atoms with E-state index in [0.29, 0.717) is 28.3 Å². The van der Waals surface area contributed by atoms with Crippen molar-refractivity contribution in [3.05, 3.63) is 84.4 Å². The summed E-state index contributed by atoms with van der Waals surface area (Å²) < 4.78 is 16.0. The van der Waals surface area contributed by atoms with E-state index in [1.54, 1.807) is 29.0 Å². The van der Waals surface area contributed by atoms with Gasteiger partial charge in [-0.1, -0.05) is 0 Å². The number of hydrogen-bond donors (Lipinski definition) is 4. The summed E-state index contributed by atoms with van der Waals surface area (Å²) in [5, 5.41) is 29.2. The second kappa shape index (κ2) is 10.4. The van der Waals surface area contributed by atoms with Crippen LogP contribution in [0.5, 0.6) is 0 Å². The second-order valence-corrected chi connectivity index (χ2v) is 9.50. The van der Waals surface area contributed by atoms with E-state index in [0.717, 1.165) is 16.9 Å². The van der Waals surface area contributed by atoms with Crippen molar-refractivity contribution in [1.29, 1.82) is 5.26 Å². The number of hydrogen-bond acceptors (Lipinski definition) is 7. The summed E-state index contributed by atoms with van der Waals surface area (Å²) in [5.41, 5.74) is 2.96. The highest BCUT2D eigenvalue weighted by atomic mass is 19.1. The minimum atomic E-state index is -1.66. The molecule has 4 heterocycles. The van der Waals surface area contributed by atoms with E-state index in [1.807, 2.05) is 36.4 Å². The Kier molecular flexibility index (Phi) is 6.79. The van der Waals surface area contributed by atoms with E-state index >= 15 is 0 Å². The van der Waals surface area contributed by atoms with Gasteiger partial charge >= 0.3 is 0 Å². The molecule has 0 radical (unpaired) electrons. The highest BCUT2D eigenvalue weighted by Crippen LogP contribution is 2.28. The van der Waals surface area contributed by atoms with Crippen LogP contribution in [0.4, 0.5) is 15.8 Å². The fraction of sp³-hybridized carbons (Fsp3) is 0.179. The third-order valence-electron chi connectivity index (χ3n) is 6.18. The van der Waals surface area contributed by atoms with Gasteiger partial charge in [0.2, 0.25) is 0 Å². The summed E-state index contributed by atoms with van der Waals surface area (Å²) in [6, 6.07) is 16.6. The molecule has 10 nitrogen and oxygen atoms in total. The van der Waals surface area contributed by atoms with E-state index in [1.165, 1.54) is 26.2 Å². The third-order valence-corrected chi connectivity index (χ3v) is 6.18. The smallest absolute Gasteiger partial charge is 0.255 e. The van der Waals surface area contributed by atoms with E-state index < -0.39 is 17.7 Å². The SMILES string of the molecule is CC(C)(O)[C@H](F)CNC(=O)c1cnc(-c2ccc3cc(C#N)cnn23)cc1Nc1ccc(-c2ncc[nH]2)cc1. The first kappa shape index (κ1) is 25.6. The van der Waals surface area contributed by atoms with Crippen LogP contribution in [0.2, 0.25) is 0 Å². The first-order valence-electron chi connectivity index (χ1n) is 12.1. The van der Waals surface area contributed by atoms with Crippen LogP contribution in [-0.4, -0.2) is 53.9 Å². The monoisotopic (exact) mass is 524 g/mol. The maximum atomic E-state index is 14.3. The molecule has 4 N–H and O–H groups in total. The molecule has 1 amide bonds. The average Bonchev–Trinajstić information content (AvgIpc) is 3.61. The molecular weight excluding hydrogens is 499 g/mol. The zero-order valence-electron chi connectivity index (χ0n) is 21.2. The van der Waals surface area contributed by atoms with Crippen molar-refractivity contribution in [2.75, 3.05) is 11.9 Å². The molecule has 0 bridgehead atoms. The van der Waals surface area contributed by atoms with Gasteiger partial charge in [0.25, 0.3) is 5.91 Å². The quantitative estimate of drug-likeness (QED) is 0.238. The van der Waals surface area contributed by atoms with Crippen molar-refractivity contribution in [2.45, 2.75) is 25.6 Å². The zero-order chi connectivity index (χ0) is 27.6. The fourth-order valence-corrected chi connectivity index (χ4v) is 3.95. The van der Waals surface area contributed by atoms with Crippen LogP contribution in [0.25, 0.3) is 28.3 Å². The van der Waals surface area contributed by atoms with Gasteiger partial charge in [-0.05, 0) is 62.4 Å². The molecule has 1 atom stereocenters. The van der Waals surface area contributed by atoms with Crippen molar-refractivity contribution in [1.82, 2.24) is 29.9 Å². The van der Waals surface area contributed by atoms with Crippen LogP contribution in [0.15, 0.2) is 73.3 Å². The Bertz CT molecular complexity index is 1670. The average molecular weight is 525 g/mol. The summed E-state index contributed by atoms with van der Waals surface area (Å²) in [7, 11) is 0. The molecule has 11 heteroatoms. The molecule has 0 aliphatic heterocycles. The first-order valence-corrected chi connectivity index (χ1v) is 12.1. The Labute approximate surface area is 223 Å². The fourth-order valence-electron chi connectivity index (χ4n) is 3.95. The predicted molar refractivity (Wildman–Crippen MR) is 144 cm³/mol. The van der Waals surface area contributed by atoms with Gasteiger partial charge in [0.05, 0.1) is 52.1 Å². The second-order valence-electron chi connectivity index (χ2n) is 9.50. The molecule has 0 saturated heterocycles. The van der Waals surface area contributed by atoms with Crippen LogP contribution in [-0.2, 0) is 0 Å². The van der Waals surface area contributed by atoms with Crippen molar-refractivity contribution >= 4 is 22.8 Å². The Morgan fingerprint density at radius 2 is 1.97 bits per heavy atom. The van der Waals surface area contributed by atoms with Crippen LogP contribution in [0, 0.1) is 11.3 Å². The molecular formula is C28H25FN8O2. The van der Waals surface area contributed by atoms with Gasteiger partial charge in [-0.3, -0.25) is 9.78 Å². The van der Waals surface area contributed by atoms with Crippen molar-refractivity contribution in [3.8, 4) is 28.8 Å². The number of carbonyl (C=O) groups is 1. The third kappa shape index (κ3) is 5.46. The highest BCUT2D eigenvalue weighted by Gasteiger charge is 2.27. The van der Waals surface area contributed by atoms with E-state index in [9.17, 15) is 19.6 Å². The number of amides is 1. The summed E-state index contributed by atoms with van der Waals surface area (Å²) in [5.74, 6) is 0.181. The lowest BCUT2D eigenvalue weighted by atomic mass is 10.0. The van der Waals surface area contributed by atoms with Gasteiger partial charge in [0.15, 0.2) is 0 Å². The number of carbonyl (C=O) groups excluding carboxylic acids is 1. The van der Waals surface area contributed by atoms with Gasteiger partial charge in [0.1, 0.15) is 18.1 Å². The minimum Gasteiger partial charge on any atom is -0.387 e. The standard InChI is InChI=1S/C28H25FN8O2/c1-28(2,39)25(29)16-34-27(38)21-15-33-23(24-8-7-20-11-17(13-30)14-35-37(20)24)12-22(21)36-19-5-3-18(4-6-19)26-31-9-10-32-26/h3-12,14-15,25,39H,16H2,1-2H3,(H,31,32)(H,33,36)(H,34,38)/t25-/m1/s1. The van der Waals surface area contributed by atoms with E-state index in [-0.39, 0.29) is 12.1 Å². The van der Waals surface area contributed by atoms with Gasteiger partial charge in [-0.25, -0.2) is 13.9 Å². The Morgan fingerprint density at radius 1 is 1.18 bits per heavy atom. The molecule has 4 aromatic heterocycles. The normalized spacial score (nSPS) is 12.2. The molecule has 0 fully saturated rings. The number of imidazole rings is 1. The molecule has 0 aliphatic rings. The number of nitriles is 1. The molecule has 1 aromatic carbocycles. The summed E-state index contributed by atoms with van der Waals surface area (Å²) in [4.78, 5) is 24.9. The number of aliphatic hydroxyl groups is 1. The molecule has 0 unspecified atom stereocenters. The topological polar surface area (TPSA) is 144 Å². The predicted octanol–water partition coefficient (Wildman–Crippen LogP) is 4.24. The number of benzene rings is 1. The number of aromatic amines is 1. The first-order chi connectivity index (χ1) is 18.7. The van der Waals surface area contributed by atoms with Crippen LogP contribution >= 0.6 is 0 Å². The summed E-state index contributed by atoms with van der Waals surface area (Å²) in [6.07, 6.45) is 4.63. The number of alkyl halides is 1. The maximum Gasteiger partial charge on any atom is 0.255 e. The lowest BCUT2D eigenvalue weighted by Gasteiger charge is -2.22. The van der Waals surface area contributed by atoms with Gasteiger partial charge < -0.3 is 20.7 Å². The lowest BCUT2D eigenvalue weighted by Crippen LogP contribution is -2.42. The van der Waals surface area contributed by atoms with Crippen molar-refractivity contribution < 1.29 is 14.3 Å². The number of fused-ring (bicyclic) bond motifs is 1. The van der Waals surface area contributed by atoms with Crippen LogP contribution in [0.1, 0.15) is 29.8 Å². The molecule has 0 saturated carbocycles. The molecule has 0 spiro atoms. The van der Waals surface area contributed by atoms with E-state index in [2.05, 4.69) is 36.8 Å². The molecule has 0 aliphatic carbocycles. The summed E-state index contributed by atoms with van der Waals surface area (Å²) in [6.45, 7) is 2.32. The number of anilines is 2. The number of halogens is 1. The molecule has 39 heavy (non-hydrogen) atoms. The van der Waals surface area contributed by atoms with Gasteiger partial charge in [-0.15, -0.1) is 0 Å². The number of nitrogens with zero attached hydrogens (tertiary/aromatic N) is 5. The largest absolute Gasteiger partial charge is 0.387 e.